The highest BCUT2D eigenvalue weighted by atomic mass is 32.2. The van der Waals surface area contributed by atoms with Crippen LogP contribution in [0.2, 0.25) is 0 Å². The van der Waals surface area contributed by atoms with Gasteiger partial charge in [0.2, 0.25) is 0 Å². The lowest BCUT2D eigenvalue weighted by Crippen LogP contribution is -2.18. The van der Waals surface area contributed by atoms with E-state index in [1.807, 2.05) is 59.1 Å². The zero-order valence-electron chi connectivity index (χ0n) is 14.4. The van der Waals surface area contributed by atoms with Gasteiger partial charge in [0.05, 0.1) is 10.6 Å². The van der Waals surface area contributed by atoms with E-state index < -0.39 is 10.0 Å². The number of hydrogen-bond donors (Lipinski definition) is 1. The Hall–Kier alpha value is -1.46. The molecule has 0 unspecified atom stereocenters. The molecule has 0 spiro atoms. The van der Waals surface area contributed by atoms with Gasteiger partial charge in [-0.2, -0.15) is 0 Å². The molecule has 0 aliphatic heterocycles. The minimum Gasteiger partial charge on any atom is -0.278 e. The number of nitrogens with one attached hydrogen (secondary N) is 1. The van der Waals surface area contributed by atoms with Crippen molar-refractivity contribution >= 4 is 27.5 Å². The quantitative estimate of drug-likeness (QED) is 0.810. The maximum atomic E-state index is 13.0. The minimum atomic E-state index is -3.63. The van der Waals surface area contributed by atoms with E-state index in [-0.39, 0.29) is 0 Å². The van der Waals surface area contributed by atoms with Gasteiger partial charge in [-0.25, -0.2) is 8.42 Å². The molecule has 2 rings (SSSR count). The van der Waals surface area contributed by atoms with Crippen molar-refractivity contribution in [3.05, 3.63) is 52.1 Å². The topological polar surface area (TPSA) is 46.2 Å². The number of sulfonamides is 1. The maximum absolute atomic E-state index is 13.0. The third-order valence-corrected chi connectivity index (χ3v) is 6.99. The zero-order chi connectivity index (χ0) is 17.4. The third-order valence-electron chi connectivity index (χ3n) is 4.55. The van der Waals surface area contributed by atoms with Gasteiger partial charge in [-0.05, 0) is 80.8 Å². The molecule has 2 aromatic carbocycles. The van der Waals surface area contributed by atoms with Crippen molar-refractivity contribution in [2.75, 3.05) is 11.0 Å². The van der Waals surface area contributed by atoms with Crippen molar-refractivity contribution in [3.63, 3.8) is 0 Å². The molecule has 0 aromatic heterocycles. The van der Waals surface area contributed by atoms with Crippen molar-refractivity contribution in [2.45, 2.75) is 44.4 Å². The van der Waals surface area contributed by atoms with E-state index in [1.54, 1.807) is 6.07 Å². The first kappa shape index (κ1) is 17.9. The fourth-order valence-electron chi connectivity index (χ4n) is 2.79. The fourth-order valence-corrected chi connectivity index (χ4v) is 5.09. The molecule has 5 heteroatoms. The Kier molecular flexibility index (Phi) is 5.11. The van der Waals surface area contributed by atoms with Crippen LogP contribution < -0.4 is 4.72 Å². The van der Waals surface area contributed by atoms with Gasteiger partial charge in [-0.1, -0.05) is 12.1 Å². The second-order valence-electron chi connectivity index (χ2n) is 5.76. The average molecular weight is 350 g/mol. The Morgan fingerprint density at radius 2 is 1.30 bits per heavy atom. The van der Waals surface area contributed by atoms with Gasteiger partial charge in [0.15, 0.2) is 0 Å². The van der Waals surface area contributed by atoms with E-state index in [0.29, 0.717) is 10.6 Å². The molecule has 0 aliphatic rings. The van der Waals surface area contributed by atoms with Crippen LogP contribution in [0, 0.1) is 34.6 Å². The molecule has 0 bridgehead atoms. The molecule has 0 heterocycles. The van der Waals surface area contributed by atoms with Crippen molar-refractivity contribution in [2.24, 2.45) is 0 Å². The molecule has 2 aromatic rings. The molecule has 0 aliphatic carbocycles. The van der Waals surface area contributed by atoms with Crippen molar-refractivity contribution in [1.29, 1.82) is 0 Å². The number of hydrogen-bond acceptors (Lipinski definition) is 3. The lowest BCUT2D eigenvalue weighted by Gasteiger charge is -2.20. The Labute approximate surface area is 143 Å². The average Bonchev–Trinajstić information content (AvgIpc) is 2.51. The second-order valence-corrected chi connectivity index (χ2v) is 8.23. The van der Waals surface area contributed by atoms with Gasteiger partial charge in [0.1, 0.15) is 0 Å². The van der Waals surface area contributed by atoms with E-state index >= 15 is 0 Å². The number of rotatable bonds is 4. The third kappa shape index (κ3) is 3.26. The van der Waals surface area contributed by atoms with Crippen LogP contribution in [0.15, 0.2) is 34.1 Å². The van der Waals surface area contributed by atoms with Gasteiger partial charge in [-0.15, -0.1) is 11.8 Å². The van der Waals surface area contributed by atoms with Crippen molar-refractivity contribution in [3.8, 4) is 0 Å². The summed E-state index contributed by atoms with van der Waals surface area (Å²) < 4.78 is 28.8. The molecule has 0 saturated heterocycles. The highest BCUT2D eigenvalue weighted by Gasteiger charge is 2.24. The number of benzene rings is 2. The number of para-hydroxylation sites is 1. The molecular formula is C18H23NO2S2. The molecular weight excluding hydrogens is 326 g/mol. The van der Waals surface area contributed by atoms with Crippen LogP contribution in [0.4, 0.5) is 5.69 Å². The van der Waals surface area contributed by atoms with E-state index in [2.05, 4.69) is 4.72 Å². The molecule has 3 nitrogen and oxygen atoms in total. The smallest absolute Gasteiger partial charge is 0.262 e. The standard InChI is InChI=1S/C18H23NO2S2/c1-11-12(2)14(4)18(15(5)13(11)3)23(20,21)19-16-9-7-8-10-17(16)22-6/h7-10,19H,1-6H3. The first-order valence-electron chi connectivity index (χ1n) is 7.43. The maximum Gasteiger partial charge on any atom is 0.262 e. The van der Waals surface area contributed by atoms with E-state index in [9.17, 15) is 8.42 Å². The van der Waals surface area contributed by atoms with Gasteiger partial charge in [-0.3, -0.25) is 4.72 Å². The van der Waals surface area contributed by atoms with Crippen LogP contribution >= 0.6 is 11.8 Å². The SMILES string of the molecule is CSc1ccccc1NS(=O)(=O)c1c(C)c(C)c(C)c(C)c1C. The summed E-state index contributed by atoms with van der Waals surface area (Å²) >= 11 is 1.52. The Morgan fingerprint density at radius 3 is 1.83 bits per heavy atom. The summed E-state index contributed by atoms with van der Waals surface area (Å²) in [6, 6.07) is 7.44. The van der Waals surface area contributed by atoms with Crippen LogP contribution in [0.5, 0.6) is 0 Å². The second kappa shape index (κ2) is 6.57. The summed E-state index contributed by atoms with van der Waals surface area (Å²) in [7, 11) is -3.63. The largest absolute Gasteiger partial charge is 0.278 e. The van der Waals surface area contributed by atoms with Gasteiger partial charge >= 0.3 is 0 Å². The molecule has 0 atom stereocenters. The molecule has 0 fully saturated rings. The number of anilines is 1. The summed E-state index contributed by atoms with van der Waals surface area (Å²) in [5.41, 5.74) is 5.48. The van der Waals surface area contributed by atoms with E-state index in [4.69, 9.17) is 0 Å². The fraction of sp³-hybridized carbons (Fsp3) is 0.333. The lowest BCUT2D eigenvalue weighted by atomic mass is 9.95. The van der Waals surface area contributed by atoms with Gasteiger partial charge in [0.25, 0.3) is 10.0 Å². The predicted molar refractivity (Wildman–Crippen MR) is 99.2 cm³/mol. The van der Waals surface area contributed by atoms with Crippen LogP contribution in [-0.2, 0) is 10.0 Å². The first-order valence-corrected chi connectivity index (χ1v) is 10.1. The van der Waals surface area contributed by atoms with Crippen LogP contribution in [-0.4, -0.2) is 14.7 Å². The number of thioether (sulfide) groups is 1. The van der Waals surface area contributed by atoms with Gasteiger partial charge in [0, 0.05) is 4.90 Å². The summed E-state index contributed by atoms with van der Waals surface area (Å²) in [5.74, 6) is 0. The summed E-state index contributed by atoms with van der Waals surface area (Å²) in [5, 5.41) is 0. The highest BCUT2D eigenvalue weighted by Crippen LogP contribution is 2.32. The normalized spacial score (nSPS) is 11.6. The zero-order valence-corrected chi connectivity index (χ0v) is 16.1. The van der Waals surface area contributed by atoms with E-state index in [0.717, 1.165) is 32.7 Å². The van der Waals surface area contributed by atoms with Crippen LogP contribution in [0.3, 0.4) is 0 Å². The molecule has 124 valence electrons. The van der Waals surface area contributed by atoms with E-state index in [1.165, 1.54) is 11.8 Å². The summed E-state index contributed by atoms with van der Waals surface area (Å²) in [4.78, 5) is 1.31. The lowest BCUT2D eigenvalue weighted by molar-refractivity contribution is 0.599. The van der Waals surface area contributed by atoms with Crippen molar-refractivity contribution in [1.82, 2.24) is 0 Å². The van der Waals surface area contributed by atoms with Gasteiger partial charge < -0.3 is 0 Å². The molecule has 0 radical (unpaired) electrons. The summed E-state index contributed by atoms with van der Waals surface area (Å²) in [6.07, 6.45) is 1.93. The monoisotopic (exact) mass is 349 g/mol. The molecule has 23 heavy (non-hydrogen) atoms. The molecule has 0 amide bonds. The Balaban J connectivity index is 2.62. The minimum absolute atomic E-state index is 0.397. The predicted octanol–water partition coefficient (Wildman–Crippen LogP) is 4.75. The highest BCUT2D eigenvalue weighted by molar-refractivity contribution is 7.99. The Morgan fingerprint density at radius 1 is 0.826 bits per heavy atom. The van der Waals surface area contributed by atoms with Crippen LogP contribution in [0.1, 0.15) is 27.8 Å². The molecule has 1 N–H and O–H groups in total. The summed E-state index contributed by atoms with van der Waals surface area (Å²) in [6.45, 7) is 9.75. The van der Waals surface area contributed by atoms with Crippen molar-refractivity contribution < 1.29 is 8.42 Å². The molecule has 0 saturated carbocycles. The first-order chi connectivity index (χ1) is 10.7. The Bertz CT molecular complexity index is 827. The van der Waals surface area contributed by atoms with Crippen LogP contribution in [0.25, 0.3) is 0 Å².